The maximum absolute atomic E-state index is 12.6. The van der Waals surface area contributed by atoms with Crippen molar-refractivity contribution in [3.05, 3.63) is 0 Å². The smallest absolute Gasteiger partial charge is 0.388 e. The highest BCUT2D eigenvalue weighted by atomic mass is 19.4. The molecule has 0 bridgehead atoms. The van der Waals surface area contributed by atoms with Crippen LogP contribution >= 0.6 is 0 Å². The van der Waals surface area contributed by atoms with Crippen LogP contribution in [0.15, 0.2) is 0 Å². The number of carbonyl (C=O) groups is 1. The monoisotopic (exact) mass is 265 g/mol. The number of halogens is 3. The number of amides is 1. The summed E-state index contributed by atoms with van der Waals surface area (Å²) in [5.74, 6) is -1.58. The van der Waals surface area contributed by atoms with Gasteiger partial charge in [-0.3, -0.25) is 4.79 Å². The van der Waals surface area contributed by atoms with Crippen molar-refractivity contribution >= 4 is 5.91 Å². The van der Waals surface area contributed by atoms with Gasteiger partial charge >= 0.3 is 6.18 Å². The molecule has 3 nitrogen and oxygen atoms in total. The third-order valence-electron chi connectivity index (χ3n) is 3.82. The minimum atomic E-state index is -4.26. The lowest BCUT2D eigenvalue weighted by molar-refractivity contribution is -0.199. The molecule has 0 unspecified atom stereocenters. The lowest BCUT2D eigenvalue weighted by Crippen LogP contribution is -2.48. The standard InChI is InChI=1S/C12H18F3NO2/c13-12(14,15)9-2-1-5-11(18,6-9)7-16-10(17)8-3-4-8/h8-9,18H,1-7H2,(H,16,17)/t9-,11-/m1/s1. The number of nitrogens with one attached hydrogen (secondary N) is 1. The lowest BCUT2D eigenvalue weighted by atomic mass is 9.77. The summed E-state index contributed by atoms with van der Waals surface area (Å²) in [4.78, 5) is 11.4. The van der Waals surface area contributed by atoms with Crippen molar-refractivity contribution in [1.82, 2.24) is 5.32 Å². The summed E-state index contributed by atoms with van der Waals surface area (Å²) in [5.41, 5.74) is -1.40. The van der Waals surface area contributed by atoms with E-state index in [-0.39, 0.29) is 31.2 Å². The van der Waals surface area contributed by atoms with E-state index in [1.807, 2.05) is 0 Å². The Bertz CT molecular complexity index is 328. The van der Waals surface area contributed by atoms with E-state index in [4.69, 9.17) is 0 Å². The highest BCUT2D eigenvalue weighted by molar-refractivity contribution is 5.80. The Morgan fingerprint density at radius 3 is 2.56 bits per heavy atom. The topological polar surface area (TPSA) is 49.3 Å². The van der Waals surface area contributed by atoms with Crippen molar-refractivity contribution in [3.63, 3.8) is 0 Å². The van der Waals surface area contributed by atoms with Crippen molar-refractivity contribution in [1.29, 1.82) is 0 Å². The molecular weight excluding hydrogens is 247 g/mol. The Morgan fingerprint density at radius 2 is 2.00 bits per heavy atom. The predicted octanol–water partition coefficient (Wildman–Crippen LogP) is 2.00. The van der Waals surface area contributed by atoms with Gasteiger partial charge in [-0.05, 0) is 38.5 Å². The molecule has 18 heavy (non-hydrogen) atoms. The molecule has 0 aromatic heterocycles. The molecule has 1 amide bonds. The van der Waals surface area contributed by atoms with Crippen LogP contribution in [0.4, 0.5) is 13.2 Å². The first-order valence-electron chi connectivity index (χ1n) is 6.37. The van der Waals surface area contributed by atoms with Crippen LogP contribution in [0.3, 0.4) is 0 Å². The van der Waals surface area contributed by atoms with Crippen LogP contribution in [0.1, 0.15) is 38.5 Å². The van der Waals surface area contributed by atoms with Gasteiger partial charge < -0.3 is 10.4 Å². The molecule has 0 aromatic rings. The minimum absolute atomic E-state index is 0.00982. The van der Waals surface area contributed by atoms with Crippen LogP contribution in [0, 0.1) is 11.8 Å². The molecule has 2 fully saturated rings. The van der Waals surface area contributed by atoms with Crippen LogP contribution in [-0.4, -0.2) is 29.3 Å². The van der Waals surface area contributed by atoms with E-state index in [1.165, 1.54) is 0 Å². The molecule has 2 aliphatic rings. The Morgan fingerprint density at radius 1 is 1.33 bits per heavy atom. The normalized spacial score (nSPS) is 33.2. The van der Waals surface area contributed by atoms with Gasteiger partial charge in [0.05, 0.1) is 11.5 Å². The summed E-state index contributed by atoms with van der Waals surface area (Å²) in [6, 6.07) is 0. The van der Waals surface area contributed by atoms with Crippen LogP contribution in [0.25, 0.3) is 0 Å². The van der Waals surface area contributed by atoms with E-state index in [9.17, 15) is 23.1 Å². The van der Waals surface area contributed by atoms with Gasteiger partial charge in [0.2, 0.25) is 5.91 Å². The third-order valence-corrected chi connectivity index (χ3v) is 3.82. The molecule has 0 saturated heterocycles. The first-order chi connectivity index (χ1) is 8.30. The first kappa shape index (κ1) is 13.6. The molecule has 6 heteroatoms. The zero-order chi connectivity index (χ0) is 13.4. The van der Waals surface area contributed by atoms with Crippen LogP contribution in [0.2, 0.25) is 0 Å². The van der Waals surface area contributed by atoms with Gasteiger partial charge in [0.15, 0.2) is 0 Å². The van der Waals surface area contributed by atoms with Gasteiger partial charge in [0, 0.05) is 12.5 Å². The van der Waals surface area contributed by atoms with E-state index in [1.54, 1.807) is 0 Å². The highest BCUT2D eigenvalue weighted by Gasteiger charge is 2.47. The Hall–Kier alpha value is -0.780. The van der Waals surface area contributed by atoms with E-state index in [2.05, 4.69) is 5.32 Å². The summed E-state index contributed by atoms with van der Waals surface area (Å²) < 4.78 is 37.9. The average Bonchev–Trinajstić information content (AvgIpc) is 3.09. The SMILES string of the molecule is O=C(NC[C@@]1(O)CCC[C@@H](C(F)(F)F)C1)C1CC1. The number of hydrogen-bond acceptors (Lipinski definition) is 2. The van der Waals surface area contributed by atoms with Gasteiger partial charge in [0.25, 0.3) is 0 Å². The predicted molar refractivity (Wildman–Crippen MR) is 58.7 cm³/mol. The van der Waals surface area contributed by atoms with Crippen molar-refractivity contribution in [3.8, 4) is 0 Å². The number of alkyl halides is 3. The number of hydrogen-bond donors (Lipinski definition) is 2. The number of aliphatic hydroxyl groups is 1. The summed E-state index contributed by atoms with van der Waals surface area (Å²) in [6.45, 7) is -0.0606. The maximum Gasteiger partial charge on any atom is 0.391 e. The Balaban J connectivity index is 1.86. The van der Waals surface area contributed by atoms with Gasteiger partial charge in [-0.25, -0.2) is 0 Å². The molecule has 2 saturated carbocycles. The minimum Gasteiger partial charge on any atom is -0.388 e. The summed E-state index contributed by atoms with van der Waals surface area (Å²) in [6.07, 6.45) is -2.13. The van der Waals surface area contributed by atoms with E-state index in [0.29, 0.717) is 12.8 Å². The zero-order valence-corrected chi connectivity index (χ0v) is 10.1. The molecule has 2 N–H and O–H groups in total. The van der Waals surface area contributed by atoms with Crippen LogP contribution < -0.4 is 5.32 Å². The largest absolute Gasteiger partial charge is 0.391 e. The first-order valence-corrected chi connectivity index (χ1v) is 6.37. The van der Waals surface area contributed by atoms with Gasteiger partial charge in [-0.2, -0.15) is 13.2 Å². The van der Waals surface area contributed by atoms with Crippen LogP contribution in [-0.2, 0) is 4.79 Å². The van der Waals surface area contributed by atoms with E-state index < -0.39 is 17.7 Å². The molecule has 0 spiro atoms. The Kier molecular flexibility index (Phi) is 3.58. The van der Waals surface area contributed by atoms with Crippen molar-refractivity contribution in [2.75, 3.05) is 6.54 Å². The van der Waals surface area contributed by atoms with E-state index in [0.717, 1.165) is 12.8 Å². The van der Waals surface area contributed by atoms with Crippen molar-refractivity contribution in [2.45, 2.75) is 50.3 Å². The molecule has 0 heterocycles. The van der Waals surface area contributed by atoms with Gasteiger partial charge in [-0.15, -0.1) is 0 Å². The zero-order valence-electron chi connectivity index (χ0n) is 10.1. The lowest BCUT2D eigenvalue weighted by Gasteiger charge is -2.37. The second-order valence-electron chi connectivity index (χ2n) is 5.55. The fourth-order valence-corrected chi connectivity index (χ4v) is 2.52. The fraction of sp³-hybridized carbons (Fsp3) is 0.917. The molecule has 104 valence electrons. The third kappa shape index (κ3) is 3.37. The molecule has 0 aromatic carbocycles. The highest BCUT2D eigenvalue weighted by Crippen LogP contribution is 2.41. The average molecular weight is 265 g/mol. The van der Waals surface area contributed by atoms with Gasteiger partial charge in [-0.1, -0.05) is 0 Å². The summed E-state index contributed by atoms with van der Waals surface area (Å²) >= 11 is 0. The molecular formula is C12H18F3NO2. The fourth-order valence-electron chi connectivity index (χ4n) is 2.52. The van der Waals surface area contributed by atoms with Gasteiger partial charge in [0.1, 0.15) is 0 Å². The Labute approximate surface area is 104 Å². The van der Waals surface area contributed by atoms with E-state index >= 15 is 0 Å². The summed E-state index contributed by atoms with van der Waals surface area (Å²) in [5, 5.41) is 12.7. The molecule has 2 rings (SSSR count). The number of rotatable bonds is 3. The quantitative estimate of drug-likeness (QED) is 0.820. The molecule has 0 aliphatic heterocycles. The molecule has 2 aliphatic carbocycles. The second-order valence-corrected chi connectivity index (χ2v) is 5.55. The maximum atomic E-state index is 12.6. The second kappa shape index (κ2) is 4.72. The van der Waals surface area contributed by atoms with Crippen molar-refractivity contribution in [2.24, 2.45) is 11.8 Å². The number of carbonyl (C=O) groups excluding carboxylic acids is 1. The summed E-state index contributed by atoms with van der Waals surface area (Å²) in [7, 11) is 0. The molecule has 2 atom stereocenters. The molecule has 0 radical (unpaired) electrons. The van der Waals surface area contributed by atoms with Crippen LogP contribution in [0.5, 0.6) is 0 Å². The van der Waals surface area contributed by atoms with Crippen molar-refractivity contribution < 1.29 is 23.1 Å².